The number of nitrogens with one attached hydrogen (secondary N) is 1. The van der Waals surface area contributed by atoms with Crippen LogP contribution in [0.5, 0.6) is 11.5 Å². The Labute approximate surface area is 295 Å². The molecule has 3 rings (SSSR count). The molecule has 0 aliphatic rings. The third kappa shape index (κ3) is 10.8. The molecule has 11 heteroatoms. The number of Topliss-reactive ketones (excluding diaryl/α,β-unsaturated/α-hetero) is 1. The number of alkyl halides is 1. The first-order valence-electron chi connectivity index (χ1n) is 16.7. The molecule has 0 radical (unpaired) electrons. The van der Waals surface area contributed by atoms with Crippen LogP contribution in [0.15, 0.2) is 88.7 Å². The molecule has 0 saturated heterocycles. The number of amides is 1. The molecule has 0 heterocycles. The lowest BCUT2D eigenvalue weighted by atomic mass is 9.79. The smallest absolute Gasteiger partial charge is 0.369 e. The van der Waals surface area contributed by atoms with Crippen LogP contribution in [0.1, 0.15) is 86.0 Å². The van der Waals surface area contributed by atoms with E-state index in [-0.39, 0.29) is 26.7 Å². The molecule has 49 heavy (non-hydrogen) atoms. The summed E-state index contributed by atoms with van der Waals surface area (Å²) in [6, 6.07) is 18.5. The Kier molecular flexibility index (Phi) is 14.3. The van der Waals surface area contributed by atoms with Gasteiger partial charge < -0.3 is 19.9 Å². The monoisotopic (exact) mass is 713 g/mol. The number of carbonyl (C=O) groups excluding carboxylic acids is 3. The Hall–Kier alpha value is -3.89. The van der Waals surface area contributed by atoms with E-state index in [1.54, 1.807) is 51.1 Å². The molecule has 3 unspecified atom stereocenters. The van der Waals surface area contributed by atoms with Gasteiger partial charge in [0.1, 0.15) is 17.6 Å². The highest BCUT2D eigenvalue weighted by atomic mass is 35.5. The molecular formula is C38H48ClNO8S. The second kappa shape index (κ2) is 17.7. The summed E-state index contributed by atoms with van der Waals surface area (Å²) in [5.41, 5.74) is -3.72. The van der Waals surface area contributed by atoms with Gasteiger partial charge in [0.05, 0.1) is 9.79 Å². The number of anilines is 1. The van der Waals surface area contributed by atoms with Gasteiger partial charge in [0.15, 0.2) is 0 Å². The summed E-state index contributed by atoms with van der Waals surface area (Å²) < 4.78 is 38.7. The third-order valence-corrected chi connectivity index (χ3v) is 9.99. The SMILES string of the molecule is CCCCCCCC(CCC(C)Cl)OC(=O)C(Oc1ccc(S(=O)(=O)c2ccc(O)cc2)cc1)(C(=O)Nc1ccccc1)C(=O)C(C)(C)C. The van der Waals surface area contributed by atoms with Gasteiger partial charge in [-0.25, -0.2) is 13.2 Å². The van der Waals surface area contributed by atoms with Gasteiger partial charge in [0, 0.05) is 16.5 Å². The van der Waals surface area contributed by atoms with Gasteiger partial charge >= 0.3 is 11.6 Å². The fraction of sp³-hybridized carbons (Fsp3) is 0.447. The van der Waals surface area contributed by atoms with Crippen molar-refractivity contribution in [3.63, 3.8) is 0 Å². The summed E-state index contributed by atoms with van der Waals surface area (Å²) >= 11 is 6.26. The largest absolute Gasteiger partial charge is 0.508 e. The molecule has 0 spiro atoms. The van der Waals surface area contributed by atoms with Crippen molar-refractivity contribution >= 4 is 44.8 Å². The predicted molar refractivity (Wildman–Crippen MR) is 191 cm³/mol. The Morgan fingerprint density at radius 1 is 0.816 bits per heavy atom. The maximum atomic E-state index is 14.4. The van der Waals surface area contributed by atoms with Crippen molar-refractivity contribution in [1.29, 1.82) is 0 Å². The number of para-hydroxylation sites is 1. The van der Waals surface area contributed by atoms with Gasteiger partial charge in [-0.15, -0.1) is 11.6 Å². The highest BCUT2D eigenvalue weighted by Gasteiger charge is 2.60. The minimum Gasteiger partial charge on any atom is -0.508 e. The molecule has 0 saturated carbocycles. The van der Waals surface area contributed by atoms with E-state index in [1.807, 2.05) is 6.92 Å². The van der Waals surface area contributed by atoms with Crippen LogP contribution in [-0.4, -0.2) is 48.3 Å². The average Bonchev–Trinajstić information content (AvgIpc) is 3.05. The molecule has 1 amide bonds. The number of halogens is 1. The van der Waals surface area contributed by atoms with E-state index >= 15 is 0 Å². The predicted octanol–water partition coefficient (Wildman–Crippen LogP) is 8.28. The minimum atomic E-state index is -3.99. The lowest BCUT2D eigenvalue weighted by molar-refractivity contribution is -0.177. The van der Waals surface area contributed by atoms with Gasteiger partial charge in [-0.05, 0) is 93.3 Å². The first kappa shape index (κ1) is 39.5. The summed E-state index contributed by atoms with van der Waals surface area (Å²) in [7, 11) is -3.99. The molecule has 3 aromatic carbocycles. The van der Waals surface area contributed by atoms with Crippen LogP contribution < -0.4 is 10.1 Å². The number of benzene rings is 3. The number of phenolic OH excluding ortho intramolecular Hbond substituents is 1. The number of ketones is 1. The number of esters is 1. The summed E-state index contributed by atoms with van der Waals surface area (Å²) in [4.78, 5) is 42.9. The number of unbranched alkanes of at least 4 members (excludes halogenated alkanes) is 4. The van der Waals surface area contributed by atoms with Gasteiger partial charge in [0.2, 0.25) is 15.6 Å². The molecule has 3 atom stereocenters. The van der Waals surface area contributed by atoms with Crippen molar-refractivity contribution in [3.8, 4) is 11.5 Å². The number of ether oxygens (including phenoxy) is 2. The average molecular weight is 714 g/mol. The van der Waals surface area contributed by atoms with Crippen molar-refractivity contribution in [1.82, 2.24) is 0 Å². The van der Waals surface area contributed by atoms with Crippen molar-refractivity contribution < 1.29 is 37.4 Å². The Balaban J connectivity index is 2.07. The highest BCUT2D eigenvalue weighted by molar-refractivity contribution is 7.91. The van der Waals surface area contributed by atoms with E-state index in [1.165, 1.54) is 48.5 Å². The molecule has 0 aliphatic heterocycles. The quantitative estimate of drug-likeness (QED) is 0.0582. The molecule has 3 aromatic rings. The summed E-state index contributed by atoms with van der Waals surface area (Å²) in [6.07, 6.45) is 5.79. The van der Waals surface area contributed by atoms with Crippen LogP contribution in [0.25, 0.3) is 0 Å². The number of phenols is 1. The van der Waals surface area contributed by atoms with Gasteiger partial charge in [-0.3, -0.25) is 9.59 Å². The molecule has 0 aliphatic carbocycles. The molecule has 0 aromatic heterocycles. The Morgan fingerprint density at radius 2 is 1.39 bits per heavy atom. The number of aromatic hydroxyl groups is 1. The molecule has 266 valence electrons. The summed E-state index contributed by atoms with van der Waals surface area (Å²) in [5, 5.41) is 12.1. The van der Waals surface area contributed by atoms with Crippen molar-refractivity contribution in [2.75, 3.05) is 5.32 Å². The standard InChI is InChI=1S/C38H48ClNO8S/c1-6-7-8-9-13-16-30(20-17-27(2)39)47-36(44)38(34(42)37(3,4)5,35(43)40-28-14-11-10-12-15-28)48-31-21-25-33(26-22-31)49(45,46)32-23-18-29(41)19-24-32/h10-12,14-15,18-19,21-27,30,41H,6-9,13,16-17,20H2,1-5H3,(H,40,43). The van der Waals surface area contributed by atoms with E-state index in [0.717, 1.165) is 32.1 Å². The Morgan fingerprint density at radius 3 is 1.94 bits per heavy atom. The second-order valence-corrected chi connectivity index (χ2v) is 15.9. The van der Waals surface area contributed by atoms with E-state index in [0.29, 0.717) is 24.9 Å². The first-order chi connectivity index (χ1) is 23.1. The highest BCUT2D eigenvalue weighted by Crippen LogP contribution is 2.33. The fourth-order valence-electron chi connectivity index (χ4n) is 5.20. The molecule has 2 N–H and O–H groups in total. The second-order valence-electron chi connectivity index (χ2n) is 13.2. The normalized spacial score (nSPS) is 14.2. The number of hydrogen-bond donors (Lipinski definition) is 2. The van der Waals surface area contributed by atoms with E-state index in [4.69, 9.17) is 21.1 Å². The molecular weight excluding hydrogens is 666 g/mol. The topological polar surface area (TPSA) is 136 Å². The number of rotatable bonds is 18. The lowest BCUT2D eigenvalue weighted by Crippen LogP contribution is -2.64. The fourth-order valence-corrected chi connectivity index (χ4v) is 6.59. The van der Waals surface area contributed by atoms with Gasteiger partial charge in [-0.2, -0.15) is 0 Å². The molecule has 0 fully saturated rings. The van der Waals surface area contributed by atoms with Crippen molar-refractivity contribution in [2.45, 2.75) is 113 Å². The zero-order valence-electron chi connectivity index (χ0n) is 28.9. The van der Waals surface area contributed by atoms with Crippen LogP contribution in [0, 0.1) is 5.41 Å². The number of carbonyl (C=O) groups is 3. The lowest BCUT2D eigenvalue weighted by Gasteiger charge is -2.35. The molecule has 0 bridgehead atoms. The van der Waals surface area contributed by atoms with Crippen molar-refractivity contribution in [2.24, 2.45) is 5.41 Å². The summed E-state index contributed by atoms with van der Waals surface area (Å²) in [5.74, 6) is -3.24. The molecule has 9 nitrogen and oxygen atoms in total. The van der Waals surface area contributed by atoms with E-state index in [2.05, 4.69) is 12.2 Å². The Bertz CT molecular complexity index is 1640. The van der Waals surface area contributed by atoms with Gasteiger partial charge in [-0.1, -0.05) is 71.6 Å². The maximum absolute atomic E-state index is 14.4. The van der Waals surface area contributed by atoms with E-state index in [9.17, 15) is 27.9 Å². The zero-order chi connectivity index (χ0) is 36.2. The zero-order valence-corrected chi connectivity index (χ0v) is 30.5. The van der Waals surface area contributed by atoms with Crippen LogP contribution in [-0.2, 0) is 29.0 Å². The van der Waals surface area contributed by atoms with Crippen LogP contribution in [0.4, 0.5) is 5.69 Å². The third-order valence-electron chi connectivity index (χ3n) is 7.98. The van der Waals surface area contributed by atoms with Crippen LogP contribution >= 0.6 is 11.6 Å². The first-order valence-corrected chi connectivity index (χ1v) is 18.6. The number of sulfone groups is 1. The van der Waals surface area contributed by atoms with E-state index < -0.39 is 44.6 Å². The summed E-state index contributed by atoms with van der Waals surface area (Å²) in [6.45, 7) is 8.69. The maximum Gasteiger partial charge on any atom is 0.369 e. The van der Waals surface area contributed by atoms with Crippen molar-refractivity contribution in [3.05, 3.63) is 78.9 Å². The van der Waals surface area contributed by atoms with Gasteiger partial charge in [0.25, 0.3) is 5.91 Å². The van der Waals surface area contributed by atoms with Crippen LogP contribution in [0.2, 0.25) is 0 Å². The minimum absolute atomic E-state index is 0.0472. The number of hydrogen-bond acceptors (Lipinski definition) is 8. The van der Waals surface area contributed by atoms with Crippen LogP contribution in [0.3, 0.4) is 0 Å².